The molecule has 2 aromatic heterocycles. The van der Waals surface area contributed by atoms with Gasteiger partial charge < -0.3 is 14.8 Å². The van der Waals surface area contributed by atoms with Crippen LogP contribution in [0.25, 0.3) is 17.1 Å². The van der Waals surface area contributed by atoms with E-state index in [9.17, 15) is 9.59 Å². The number of methoxy groups -OCH3 is 1. The van der Waals surface area contributed by atoms with Gasteiger partial charge in [-0.1, -0.05) is 29.5 Å². The minimum absolute atomic E-state index is 0.0705. The third-order valence-corrected chi connectivity index (χ3v) is 4.74. The summed E-state index contributed by atoms with van der Waals surface area (Å²) < 4.78 is 12.0. The van der Waals surface area contributed by atoms with Crippen LogP contribution in [0.15, 0.2) is 72.9 Å². The Morgan fingerprint density at radius 3 is 2.61 bits per heavy atom. The molecule has 1 N–H and O–H groups in total. The van der Waals surface area contributed by atoms with Crippen LogP contribution >= 0.6 is 0 Å². The third-order valence-electron chi connectivity index (χ3n) is 4.74. The van der Waals surface area contributed by atoms with Gasteiger partial charge in [-0.05, 0) is 49.4 Å². The summed E-state index contributed by atoms with van der Waals surface area (Å²) in [6.45, 7) is 1.99. The molecule has 0 aliphatic carbocycles. The second-order valence-electron chi connectivity index (χ2n) is 6.84. The van der Waals surface area contributed by atoms with Crippen LogP contribution < -0.4 is 10.1 Å². The van der Waals surface area contributed by atoms with Crippen molar-refractivity contribution in [3.63, 3.8) is 0 Å². The van der Waals surface area contributed by atoms with Gasteiger partial charge in [-0.15, -0.1) is 5.10 Å². The first kappa shape index (κ1) is 21.7. The van der Waals surface area contributed by atoms with Gasteiger partial charge in [0, 0.05) is 11.9 Å². The highest BCUT2D eigenvalue weighted by Crippen LogP contribution is 2.29. The Bertz CT molecular complexity index is 1290. The molecule has 0 aliphatic rings. The van der Waals surface area contributed by atoms with E-state index < -0.39 is 11.9 Å². The maximum absolute atomic E-state index is 13.2. The zero-order valence-corrected chi connectivity index (χ0v) is 18.1. The Labute approximate surface area is 190 Å². The number of anilines is 1. The average molecular weight is 443 g/mol. The van der Waals surface area contributed by atoms with Crippen molar-refractivity contribution in [3.8, 4) is 22.8 Å². The Balaban J connectivity index is 1.74. The van der Waals surface area contributed by atoms with E-state index in [1.54, 1.807) is 62.7 Å². The Morgan fingerprint density at radius 1 is 1.03 bits per heavy atom. The van der Waals surface area contributed by atoms with E-state index in [-0.39, 0.29) is 12.3 Å². The van der Waals surface area contributed by atoms with Crippen molar-refractivity contribution >= 4 is 17.6 Å². The summed E-state index contributed by atoms with van der Waals surface area (Å²) in [7, 11) is 1.56. The fraction of sp³-hybridized carbons (Fsp3) is 0.125. The van der Waals surface area contributed by atoms with E-state index in [0.717, 1.165) is 0 Å². The monoisotopic (exact) mass is 443 g/mol. The lowest BCUT2D eigenvalue weighted by atomic mass is 10.1. The summed E-state index contributed by atoms with van der Waals surface area (Å²) in [5, 5.41) is 11.1. The van der Waals surface area contributed by atoms with Crippen molar-refractivity contribution in [2.24, 2.45) is 0 Å². The first-order valence-corrected chi connectivity index (χ1v) is 10.2. The van der Waals surface area contributed by atoms with Crippen LogP contribution in [0.2, 0.25) is 0 Å². The molecule has 1 amide bonds. The molecule has 0 bridgehead atoms. The molecule has 2 heterocycles. The number of amides is 1. The number of ether oxygens (including phenoxy) is 2. The molecule has 0 unspecified atom stereocenters. The van der Waals surface area contributed by atoms with Gasteiger partial charge >= 0.3 is 5.97 Å². The summed E-state index contributed by atoms with van der Waals surface area (Å²) >= 11 is 0. The summed E-state index contributed by atoms with van der Waals surface area (Å²) in [6.07, 6.45) is 1.62. The Kier molecular flexibility index (Phi) is 6.40. The van der Waals surface area contributed by atoms with Gasteiger partial charge in [0.05, 0.1) is 25.0 Å². The number of nitrogens with zero attached hydrogens (tertiary/aromatic N) is 4. The summed E-state index contributed by atoms with van der Waals surface area (Å²) in [6, 6.07) is 19.1. The van der Waals surface area contributed by atoms with Gasteiger partial charge in [0.1, 0.15) is 17.1 Å². The molecule has 0 radical (unpaired) electrons. The Morgan fingerprint density at radius 2 is 1.85 bits per heavy atom. The molecule has 0 saturated heterocycles. The number of hydrogen-bond acceptors (Lipinski definition) is 7. The van der Waals surface area contributed by atoms with Crippen molar-refractivity contribution in [3.05, 3.63) is 84.2 Å². The molecule has 4 rings (SSSR count). The molecule has 9 heteroatoms. The minimum Gasteiger partial charge on any atom is -0.494 e. The van der Waals surface area contributed by atoms with Gasteiger partial charge in [0.2, 0.25) is 0 Å². The summed E-state index contributed by atoms with van der Waals surface area (Å²) in [4.78, 5) is 29.6. The zero-order chi connectivity index (χ0) is 23.2. The quantitative estimate of drug-likeness (QED) is 0.433. The second kappa shape index (κ2) is 9.73. The first-order valence-electron chi connectivity index (χ1n) is 10.2. The number of carbonyl (C=O) groups excluding carboxylic acids is 2. The summed E-state index contributed by atoms with van der Waals surface area (Å²) in [5.41, 5.74) is 2.34. The molecule has 33 heavy (non-hydrogen) atoms. The topological polar surface area (TPSA) is 108 Å². The van der Waals surface area contributed by atoms with Gasteiger partial charge in [-0.2, -0.15) is 0 Å². The van der Waals surface area contributed by atoms with Crippen LogP contribution in [0.5, 0.6) is 5.75 Å². The molecule has 0 spiro atoms. The molecule has 4 aromatic rings. The molecule has 0 saturated carbocycles. The predicted molar refractivity (Wildman–Crippen MR) is 121 cm³/mol. The van der Waals surface area contributed by atoms with Crippen molar-refractivity contribution < 1.29 is 19.1 Å². The molecule has 0 aliphatic heterocycles. The van der Waals surface area contributed by atoms with Gasteiger partial charge in [-0.3, -0.25) is 9.78 Å². The van der Waals surface area contributed by atoms with Crippen LogP contribution in [0, 0.1) is 0 Å². The standard InChI is InChI=1S/C24H21N5O4/c1-3-33-24(31)16-9-8-10-17(15-16)26-23(30)21-22(18-11-6-7-14-25-18)29(28-27-21)19-12-4-5-13-20(19)32-2/h4-15H,3H2,1-2H3,(H,26,30). The zero-order valence-electron chi connectivity index (χ0n) is 18.1. The highest BCUT2D eigenvalue weighted by molar-refractivity contribution is 6.07. The average Bonchev–Trinajstić information content (AvgIpc) is 3.30. The number of aromatic nitrogens is 4. The number of carbonyl (C=O) groups is 2. The Hall–Kier alpha value is -4.53. The first-order chi connectivity index (χ1) is 16.1. The van der Waals surface area contributed by atoms with Crippen LogP contribution in [-0.4, -0.2) is 45.6 Å². The van der Waals surface area contributed by atoms with Crippen LogP contribution in [0.4, 0.5) is 5.69 Å². The van der Waals surface area contributed by atoms with Crippen LogP contribution in [0.1, 0.15) is 27.8 Å². The van der Waals surface area contributed by atoms with Crippen LogP contribution in [-0.2, 0) is 4.74 Å². The minimum atomic E-state index is -0.502. The second-order valence-corrected chi connectivity index (χ2v) is 6.84. The third kappa shape index (κ3) is 4.57. The van der Waals surface area contributed by atoms with Gasteiger partial charge in [0.25, 0.3) is 5.91 Å². The lowest BCUT2D eigenvalue weighted by Crippen LogP contribution is -2.15. The van der Waals surface area contributed by atoms with E-state index in [4.69, 9.17) is 9.47 Å². The maximum Gasteiger partial charge on any atom is 0.338 e. The van der Waals surface area contributed by atoms with E-state index in [0.29, 0.717) is 34.1 Å². The molecular weight excluding hydrogens is 422 g/mol. The predicted octanol–water partition coefficient (Wildman–Crippen LogP) is 3.77. The maximum atomic E-state index is 13.2. The number of rotatable bonds is 7. The molecule has 0 atom stereocenters. The van der Waals surface area contributed by atoms with E-state index in [2.05, 4.69) is 20.6 Å². The molecular formula is C24H21N5O4. The van der Waals surface area contributed by atoms with Crippen molar-refractivity contribution in [2.75, 3.05) is 19.0 Å². The largest absolute Gasteiger partial charge is 0.494 e. The molecule has 0 fully saturated rings. The van der Waals surface area contributed by atoms with E-state index >= 15 is 0 Å². The number of para-hydroxylation sites is 2. The highest BCUT2D eigenvalue weighted by atomic mass is 16.5. The molecule has 9 nitrogen and oxygen atoms in total. The van der Waals surface area contributed by atoms with Gasteiger partial charge in [-0.25, -0.2) is 9.48 Å². The fourth-order valence-electron chi connectivity index (χ4n) is 3.27. The molecule has 166 valence electrons. The fourth-order valence-corrected chi connectivity index (χ4v) is 3.27. The highest BCUT2D eigenvalue weighted by Gasteiger charge is 2.24. The van der Waals surface area contributed by atoms with Crippen LogP contribution in [0.3, 0.4) is 0 Å². The van der Waals surface area contributed by atoms with Gasteiger partial charge in [0.15, 0.2) is 5.69 Å². The number of nitrogens with one attached hydrogen (secondary N) is 1. The lowest BCUT2D eigenvalue weighted by molar-refractivity contribution is 0.0526. The number of benzene rings is 2. The smallest absolute Gasteiger partial charge is 0.338 e. The van der Waals surface area contributed by atoms with E-state index in [1.165, 1.54) is 4.68 Å². The number of hydrogen-bond donors (Lipinski definition) is 1. The normalized spacial score (nSPS) is 10.5. The van der Waals surface area contributed by atoms with E-state index in [1.807, 2.05) is 24.3 Å². The lowest BCUT2D eigenvalue weighted by Gasteiger charge is -2.11. The molecule has 2 aromatic carbocycles. The van der Waals surface area contributed by atoms with Crippen molar-refractivity contribution in [1.82, 2.24) is 20.0 Å². The number of pyridine rings is 1. The SMILES string of the molecule is CCOC(=O)c1cccc(NC(=O)c2nnn(-c3ccccc3OC)c2-c2ccccn2)c1. The number of esters is 1. The van der Waals surface area contributed by atoms with Crippen molar-refractivity contribution in [1.29, 1.82) is 0 Å². The van der Waals surface area contributed by atoms with Crippen molar-refractivity contribution in [2.45, 2.75) is 6.92 Å². The summed E-state index contributed by atoms with van der Waals surface area (Å²) in [5.74, 6) is -0.406.